The molecular weight excluding hydrogens is 326 g/mol. The molecule has 0 radical (unpaired) electrons. The molecule has 0 bridgehead atoms. The van der Waals surface area contributed by atoms with E-state index in [1.807, 2.05) is 11.0 Å². The first-order chi connectivity index (χ1) is 12.6. The average molecular weight is 353 g/mol. The maximum Gasteiger partial charge on any atom is 0.272 e. The summed E-state index contributed by atoms with van der Waals surface area (Å²) < 4.78 is 0. The summed E-state index contributed by atoms with van der Waals surface area (Å²) in [5.41, 5.74) is 3.72. The maximum absolute atomic E-state index is 12.5. The zero-order chi connectivity index (χ0) is 18.5. The third kappa shape index (κ3) is 3.95. The van der Waals surface area contributed by atoms with Crippen molar-refractivity contribution in [3.05, 3.63) is 41.7 Å². The fourth-order valence-electron chi connectivity index (χ4n) is 3.31. The van der Waals surface area contributed by atoms with Crippen molar-refractivity contribution in [2.24, 2.45) is 0 Å². The molecule has 1 amide bonds. The second kappa shape index (κ2) is 8.17. The Hall–Kier alpha value is -2.63. The van der Waals surface area contributed by atoms with Crippen molar-refractivity contribution in [3.63, 3.8) is 0 Å². The highest BCUT2D eigenvalue weighted by atomic mass is 16.2. The van der Waals surface area contributed by atoms with E-state index < -0.39 is 0 Å². The van der Waals surface area contributed by atoms with Crippen LogP contribution in [0.1, 0.15) is 42.7 Å². The van der Waals surface area contributed by atoms with Crippen molar-refractivity contribution in [3.8, 4) is 0 Å². The summed E-state index contributed by atoms with van der Waals surface area (Å²) in [6.07, 6.45) is 3.78. The Morgan fingerprint density at radius 1 is 1.19 bits per heavy atom. The minimum atomic E-state index is -0.0125. The van der Waals surface area contributed by atoms with E-state index >= 15 is 0 Å². The van der Waals surface area contributed by atoms with E-state index in [9.17, 15) is 4.79 Å². The van der Waals surface area contributed by atoms with Gasteiger partial charge in [-0.1, -0.05) is 0 Å². The molecule has 0 atom stereocenters. The van der Waals surface area contributed by atoms with Crippen molar-refractivity contribution in [2.75, 3.05) is 36.4 Å². The van der Waals surface area contributed by atoms with E-state index in [1.54, 1.807) is 12.3 Å². The number of amides is 1. The van der Waals surface area contributed by atoms with Gasteiger partial charge < -0.3 is 15.1 Å². The Morgan fingerprint density at radius 3 is 2.58 bits per heavy atom. The van der Waals surface area contributed by atoms with Crippen LogP contribution in [0, 0.1) is 6.92 Å². The van der Waals surface area contributed by atoms with Crippen LogP contribution in [0.3, 0.4) is 0 Å². The fraction of sp³-hybridized carbons (Fsp3) is 0.450. The maximum atomic E-state index is 12.5. The van der Waals surface area contributed by atoms with E-state index in [4.69, 9.17) is 0 Å². The van der Waals surface area contributed by atoms with Crippen LogP contribution >= 0.6 is 0 Å². The Morgan fingerprint density at radius 2 is 1.92 bits per heavy atom. The second-order valence-corrected chi connectivity index (χ2v) is 6.56. The van der Waals surface area contributed by atoms with Crippen molar-refractivity contribution in [2.45, 2.75) is 33.6 Å². The van der Waals surface area contributed by atoms with Crippen LogP contribution < -0.4 is 10.2 Å². The van der Waals surface area contributed by atoms with Gasteiger partial charge in [-0.2, -0.15) is 0 Å². The molecule has 1 aromatic heterocycles. The number of anilines is 3. The molecule has 0 unspecified atom stereocenters. The van der Waals surface area contributed by atoms with Crippen molar-refractivity contribution < 1.29 is 4.79 Å². The second-order valence-electron chi connectivity index (χ2n) is 6.56. The lowest BCUT2D eigenvalue weighted by atomic mass is 10.1. The summed E-state index contributed by atoms with van der Waals surface area (Å²) >= 11 is 0. The molecule has 2 aromatic rings. The van der Waals surface area contributed by atoms with Crippen LogP contribution in [0.25, 0.3) is 0 Å². The lowest BCUT2D eigenvalue weighted by Gasteiger charge is -2.22. The first kappa shape index (κ1) is 18.2. The number of hydrogen-bond donors (Lipinski definition) is 1. The summed E-state index contributed by atoms with van der Waals surface area (Å²) in [6, 6.07) is 7.99. The number of nitrogens with one attached hydrogen (secondary N) is 1. The average Bonchev–Trinajstić information content (AvgIpc) is 3.19. The zero-order valence-electron chi connectivity index (χ0n) is 15.8. The van der Waals surface area contributed by atoms with E-state index in [0.29, 0.717) is 11.6 Å². The third-order valence-electron chi connectivity index (χ3n) is 4.85. The van der Waals surface area contributed by atoms with Crippen LogP contribution in [-0.4, -0.2) is 47.0 Å². The molecule has 1 N–H and O–H groups in total. The molecule has 6 nitrogen and oxygen atoms in total. The largest absolute Gasteiger partial charge is 0.372 e. The van der Waals surface area contributed by atoms with Gasteiger partial charge in [-0.15, -0.1) is 0 Å². The number of aryl methyl sites for hydroxylation is 1. The number of likely N-dealkylation sites (tertiary alicyclic amines) is 1. The first-order valence-corrected chi connectivity index (χ1v) is 9.37. The Kier molecular flexibility index (Phi) is 5.71. The Labute approximate surface area is 155 Å². The Bertz CT molecular complexity index is 767. The van der Waals surface area contributed by atoms with Gasteiger partial charge in [-0.05, 0) is 63.4 Å². The number of benzene rings is 1. The van der Waals surface area contributed by atoms with Gasteiger partial charge in [0.1, 0.15) is 5.69 Å². The van der Waals surface area contributed by atoms with Crippen LogP contribution in [0.4, 0.5) is 17.3 Å². The van der Waals surface area contributed by atoms with Crippen LogP contribution in [-0.2, 0) is 0 Å². The van der Waals surface area contributed by atoms with E-state index in [0.717, 1.165) is 50.3 Å². The van der Waals surface area contributed by atoms with Gasteiger partial charge in [0.05, 0.1) is 0 Å². The molecule has 1 saturated heterocycles. The number of carbonyl (C=O) groups excluding carboxylic acids is 1. The quantitative estimate of drug-likeness (QED) is 0.859. The van der Waals surface area contributed by atoms with Gasteiger partial charge in [0.2, 0.25) is 5.95 Å². The lowest BCUT2D eigenvalue weighted by Crippen LogP contribution is -2.28. The number of rotatable bonds is 6. The summed E-state index contributed by atoms with van der Waals surface area (Å²) in [5.74, 6) is 0.440. The molecule has 0 aliphatic carbocycles. The molecule has 138 valence electrons. The minimum Gasteiger partial charge on any atom is -0.372 e. The topological polar surface area (TPSA) is 61.4 Å². The summed E-state index contributed by atoms with van der Waals surface area (Å²) in [7, 11) is 0. The van der Waals surface area contributed by atoms with Gasteiger partial charge >= 0.3 is 0 Å². The van der Waals surface area contributed by atoms with E-state index in [1.165, 1.54) is 5.69 Å². The molecule has 26 heavy (non-hydrogen) atoms. The number of nitrogens with zero attached hydrogens (tertiary/aromatic N) is 4. The molecule has 1 fully saturated rings. The fourth-order valence-corrected chi connectivity index (χ4v) is 3.31. The molecular formula is C20H27N5O. The molecule has 1 aliphatic heterocycles. The van der Waals surface area contributed by atoms with Gasteiger partial charge in [-0.3, -0.25) is 4.79 Å². The zero-order valence-corrected chi connectivity index (χ0v) is 15.8. The van der Waals surface area contributed by atoms with Crippen molar-refractivity contribution >= 4 is 23.2 Å². The summed E-state index contributed by atoms with van der Waals surface area (Å²) in [5, 5.41) is 3.25. The van der Waals surface area contributed by atoms with Crippen molar-refractivity contribution in [1.82, 2.24) is 14.9 Å². The molecule has 0 spiro atoms. The van der Waals surface area contributed by atoms with E-state index in [2.05, 4.69) is 53.1 Å². The predicted octanol–water partition coefficient (Wildman–Crippen LogP) is 3.61. The number of carbonyl (C=O) groups is 1. The summed E-state index contributed by atoms with van der Waals surface area (Å²) in [6.45, 7) is 9.96. The normalized spacial score (nSPS) is 13.7. The monoisotopic (exact) mass is 353 g/mol. The van der Waals surface area contributed by atoms with Crippen molar-refractivity contribution in [1.29, 1.82) is 0 Å². The molecule has 3 rings (SSSR count). The predicted molar refractivity (Wildman–Crippen MR) is 105 cm³/mol. The Balaban J connectivity index is 1.76. The first-order valence-electron chi connectivity index (χ1n) is 9.37. The van der Waals surface area contributed by atoms with Gasteiger partial charge in [0.25, 0.3) is 5.91 Å². The molecule has 6 heteroatoms. The van der Waals surface area contributed by atoms with Gasteiger partial charge in [-0.25, -0.2) is 9.97 Å². The smallest absolute Gasteiger partial charge is 0.272 e. The molecule has 2 heterocycles. The van der Waals surface area contributed by atoms with Crippen LogP contribution in [0.2, 0.25) is 0 Å². The lowest BCUT2D eigenvalue weighted by molar-refractivity contribution is 0.0787. The molecule has 0 saturated carbocycles. The standard InChI is InChI=1S/C20H27N5O/c1-4-24(5-2)16-8-9-17(15(3)14-16)22-20-21-11-10-18(23-20)19(26)25-12-6-7-13-25/h8-11,14H,4-7,12-13H2,1-3H3,(H,21,22,23). The van der Waals surface area contributed by atoms with Gasteiger partial charge in [0.15, 0.2) is 0 Å². The third-order valence-corrected chi connectivity index (χ3v) is 4.85. The van der Waals surface area contributed by atoms with Gasteiger partial charge in [0, 0.05) is 43.8 Å². The highest BCUT2D eigenvalue weighted by Crippen LogP contribution is 2.24. The molecule has 1 aliphatic rings. The van der Waals surface area contributed by atoms with E-state index in [-0.39, 0.29) is 5.91 Å². The molecule has 1 aromatic carbocycles. The van der Waals surface area contributed by atoms with Crippen LogP contribution in [0.15, 0.2) is 30.5 Å². The highest BCUT2D eigenvalue weighted by Gasteiger charge is 2.21. The minimum absolute atomic E-state index is 0.0125. The van der Waals surface area contributed by atoms with Crippen LogP contribution in [0.5, 0.6) is 0 Å². The SMILES string of the molecule is CCN(CC)c1ccc(Nc2nccc(C(=O)N3CCCC3)n2)c(C)c1. The highest BCUT2D eigenvalue weighted by molar-refractivity contribution is 5.92. The number of hydrogen-bond acceptors (Lipinski definition) is 5. The number of aromatic nitrogens is 2. The summed E-state index contributed by atoms with van der Waals surface area (Å²) in [4.78, 5) is 25.4.